The van der Waals surface area contributed by atoms with E-state index in [9.17, 15) is 19.2 Å². The molecule has 0 radical (unpaired) electrons. The molecule has 492 valence electrons. The Hall–Kier alpha value is -2.36. The lowest BCUT2D eigenvalue weighted by Crippen LogP contribution is -2.35. The highest BCUT2D eigenvalue weighted by Gasteiger charge is 2.60. The van der Waals surface area contributed by atoms with Gasteiger partial charge in [0.2, 0.25) is 23.6 Å². The molecule has 0 aromatic heterocycles. The van der Waals surface area contributed by atoms with Crippen LogP contribution in [0.1, 0.15) is 373 Å². The molecule has 4 bridgehead atoms. The van der Waals surface area contributed by atoms with Gasteiger partial charge in [0.15, 0.2) is 0 Å². The molecule has 2 N–H and O–H groups in total. The van der Waals surface area contributed by atoms with Crippen LogP contribution in [0.4, 0.5) is 0 Å². The molecule has 6 heterocycles. The maximum absolute atomic E-state index is 12.7. The standard InChI is InChI=1S/C38H67NO3.C30H62O.C8H7NO3/c1-2-3-4-5-6-7-8-9-10-11-12-13-14-15-16-17-18-19-20-21-22-23-24-25-26-27-28-29-32-39-37(40)35-33-30-31-34(42-33)36(35)38(39)41;1-2-3-4-5-6-7-8-9-10-11-12-13-14-15-16-17-18-19-20-21-22-23-24-25-26-27-28-29-30-31;10-7-5-3-1-2-4(12-3)6(5)8(11)9-7/h30-31,33-36H,2-29,32H2,1H3;31H,2-30H2,1H3;1-6H,(H,9,10,11). The number of carbonyl (C=O) groups excluding carboxylic acids is 4. The molecule has 4 amide bonds. The first kappa shape index (κ1) is 75.1. The van der Waals surface area contributed by atoms with E-state index in [4.69, 9.17) is 14.6 Å². The molecule has 4 saturated heterocycles. The Labute approximate surface area is 524 Å². The van der Waals surface area contributed by atoms with Crippen LogP contribution in [0.5, 0.6) is 0 Å². The maximum Gasteiger partial charge on any atom is 0.236 e. The average Bonchev–Trinajstić information content (AvgIpc) is 1.97. The number of amides is 4. The van der Waals surface area contributed by atoms with E-state index in [1.54, 1.807) is 0 Å². The van der Waals surface area contributed by atoms with Crippen LogP contribution >= 0.6 is 0 Å². The average molecular weight is 1190 g/mol. The smallest absolute Gasteiger partial charge is 0.236 e. The molecule has 0 spiro atoms. The Morgan fingerprint density at radius 1 is 0.294 bits per heavy atom. The van der Waals surface area contributed by atoms with Gasteiger partial charge in [0, 0.05) is 13.2 Å². The Balaban J connectivity index is 0.000000312. The van der Waals surface area contributed by atoms with E-state index in [0.29, 0.717) is 13.2 Å². The summed E-state index contributed by atoms with van der Waals surface area (Å²) in [6.07, 6.45) is 86.1. The van der Waals surface area contributed by atoms with Crippen LogP contribution in [0.15, 0.2) is 24.3 Å². The first-order chi connectivity index (χ1) is 41.9. The molecule has 4 fully saturated rings. The van der Waals surface area contributed by atoms with Crippen molar-refractivity contribution < 1.29 is 33.8 Å². The number of carbonyl (C=O) groups is 4. The van der Waals surface area contributed by atoms with E-state index in [1.807, 2.05) is 24.3 Å². The van der Waals surface area contributed by atoms with Crippen LogP contribution in [-0.2, 0) is 28.7 Å². The van der Waals surface area contributed by atoms with Crippen molar-refractivity contribution in [2.75, 3.05) is 13.2 Å². The summed E-state index contributed by atoms with van der Waals surface area (Å²) in [7, 11) is 0. The van der Waals surface area contributed by atoms with E-state index in [2.05, 4.69) is 19.2 Å². The van der Waals surface area contributed by atoms with Gasteiger partial charge in [-0.25, -0.2) is 0 Å². The van der Waals surface area contributed by atoms with Crippen LogP contribution < -0.4 is 5.32 Å². The summed E-state index contributed by atoms with van der Waals surface area (Å²) in [6.45, 7) is 5.58. The quantitative estimate of drug-likeness (QED) is 0.0353. The zero-order chi connectivity index (χ0) is 60.5. The van der Waals surface area contributed by atoms with Crippen LogP contribution in [-0.4, -0.2) is 71.2 Å². The number of rotatable bonds is 57. The third kappa shape index (κ3) is 32.8. The van der Waals surface area contributed by atoms with Crippen LogP contribution in [0.25, 0.3) is 0 Å². The molecule has 9 heteroatoms. The van der Waals surface area contributed by atoms with Crippen molar-refractivity contribution in [2.24, 2.45) is 23.7 Å². The van der Waals surface area contributed by atoms with Crippen LogP contribution in [0, 0.1) is 23.7 Å². The number of imide groups is 2. The van der Waals surface area contributed by atoms with Gasteiger partial charge in [0.05, 0.1) is 48.1 Å². The molecular formula is C76H136N2O7. The highest BCUT2D eigenvalue weighted by atomic mass is 16.5. The fourth-order valence-corrected chi connectivity index (χ4v) is 14.5. The van der Waals surface area contributed by atoms with Gasteiger partial charge in [-0.05, 0) is 12.8 Å². The number of nitrogens with one attached hydrogen (secondary N) is 1. The lowest BCUT2D eigenvalue weighted by molar-refractivity contribution is -0.142. The third-order valence-corrected chi connectivity index (χ3v) is 20.0. The topological polar surface area (TPSA) is 122 Å². The van der Waals surface area contributed by atoms with Crippen molar-refractivity contribution in [3.63, 3.8) is 0 Å². The molecule has 0 aromatic carbocycles. The molecular weight excluding hydrogens is 1050 g/mol. The second-order valence-electron chi connectivity index (χ2n) is 27.5. The number of hydrogen-bond donors (Lipinski definition) is 2. The molecule has 0 aliphatic carbocycles. The van der Waals surface area contributed by atoms with Gasteiger partial charge in [-0.3, -0.25) is 29.4 Å². The maximum atomic E-state index is 12.7. The summed E-state index contributed by atoms with van der Waals surface area (Å²) in [5.74, 6) is -1.35. The van der Waals surface area contributed by atoms with Crippen molar-refractivity contribution in [3.05, 3.63) is 24.3 Å². The zero-order valence-corrected chi connectivity index (χ0v) is 55.8. The van der Waals surface area contributed by atoms with E-state index < -0.39 is 0 Å². The van der Waals surface area contributed by atoms with Crippen molar-refractivity contribution >= 4 is 23.6 Å². The van der Waals surface area contributed by atoms with E-state index in [1.165, 1.54) is 345 Å². The molecule has 6 rings (SSSR count). The summed E-state index contributed by atoms with van der Waals surface area (Å²) >= 11 is 0. The van der Waals surface area contributed by atoms with Gasteiger partial charge in [0.1, 0.15) is 0 Å². The molecule has 8 atom stereocenters. The van der Waals surface area contributed by atoms with E-state index in [0.717, 1.165) is 19.3 Å². The minimum atomic E-state index is -0.257. The van der Waals surface area contributed by atoms with Gasteiger partial charge in [0.25, 0.3) is 0 Å². The van der Waals surface area contributed by atoms with Crippen LogP contribution in [0.3, 0.4) is 0 Å². The second-order valence-corrected chi connectivity index (χ2v) is 27.5. The molecule has 0 saturated carbocycles. The Kier molecular flexibility index (Phi) is 45.4. The predicted molar refractivity (Wildman–Crippen MR) is 356 cm³/mol. The zero-order valence-electron chi connectivity index (χ0n) is 55.8. The van der Waals surface area contributed by atoms with Gasteiger partial charge in [-0.15, -0.1) is 0 Å². The number of aliphatic hydroxyl groups is 1. The Bertz CT molecular complexity index is 1630. The minimum Gasteiger partial charge on any atom is -0.396 e. The Morgan fingerprint density at radius 2 is 0.482 bits per heavy atom. The third-order valence-electron chi connectivity index (χ3n) is 20.0. The summed E-state index contributed by atoms with van der Waals surface area (Å²) in [4.78, 5) is 49.3. The number of aliphatic hydroxyl groups excluding tert-OH is 1. The van der Waals surface area contributed by atoms with Crippen LogP contribution in [0.2, 0.25) is 0 Å². The first-order valence-electron chi connectivity index (χ1n) is 37.9. The lowest BCUT2D eigenvalue weighted by Gasteiger charge is -2.17. The number of fused-ring (bicyclic) bond motifs is 10. The van der Waals surface area contributed by atoms with Gasteiger partial charge < -0.3 is 14.6 Å². The molecule has 6 aliphatic rings. The summed E-state index contributed by atoms with van der Waals surface area (Å²) in [5.41, 5.74) is 0. The molecule has 85 heavy (non-hydrogen) atoms. The number of nitrogens with zero attached hydrogens (tertiary/aromatic N) is 1. The molecule has 6 aliphatic heterocycles. The predicted octanol–water partition coefficient (Wildman–Crippen LogP) is 21.0. The summed E-state index contributed by atoms with van der Waals surface area (Å²) in [6, 6.07) is 0. The minimum absolute atomic E-state index is 0.00636. The highest BCUT2D eigenvalue weighted by molar-refractivity contribution is 6.07. The highest BCUT2D eigenvalue weighted by Crippen LogP contribution is 2.45. The van der Waals surface area contributed by atoms with E-state index >= 15 is 0 Å². The van der Waals surface area contributed by atoms with Gasteiger partial charge in [-0.1, -0.05) is 385 Å². The van der Waals surface area contributed by atoms with Crippen molar-refractivity contribution in [1.29, 1.82) is 0 Å². The molecule has 8 unspecified atom stereocenters. The number of likely N-dealkylation sites (tertiary alicyclic amines) is 1. The molecule has 9 nitrogen and oxygen atoms in total. The number of hydrogen-bond acceptors (Lipinski definition) is 7. The van der Waals surface area contributed by atoms with Gasteiger partial charge >= 0.3 is 0 Å². The monoisotopic (exact) mass is 1190 g/mol. The molecule has 0 aromatic rings. The second kappa shape index (κ2) is 51.4. The van der Waals surface area contributed by atoms with Crippen molar-refractivity contribution in [2.45, 2.75) is 398 Å². The SMILES string of the molecule is CCCCCCCCCCCCCCCCCCCCCCCCCCCCCCN1C(=O)C2C3C=CC(O3)C2C1=O.CCCCCCCCCCCCCCCCCCCCCCCCCCCCCCO.O=C1NC(=O)C2C3C=CC(O3)C12. The first-order valence-corrected chi connectivity index (χ1v) is 37.9. The lowest BCUT2D eigenvalue weighted by atomic mass is 9.85. The van der Waals surface area contributed by atoms with Crippen molar-refractivity contribution in [1.82, 2.24) is 10.2 Å². The van der Waals surface area contributed by atoms with E-state index in [-0.39, 0.29) is 71.7 Å². The van der Waals surface area contributed by atoms with Gasteiger partial charge in [-0.2, -0.15) is 0 Å². The largest absolute Gasteiger partial charge is 0.396 e. The fraction of sp³-hybridized carbons (Fsp3) is 0.895. The number of ether oxygens (including phenoxy) is 2. The normalized spacial score (nSPS) is 22.2. The van der Waals surface area contributed by atoms with Crippen molar-refractivity contribution in [3.8, 4) is 0 Å². The summed E-state index contributed by atoms with van der Waals surface area (Å²) in [5, 5.41) is 11.1. The summed E-state index contributed by atoms with van der Waals surface area (Å²) < 4.78 is 11.1. The Morgan fingerprint density at radius 3 is 0.694 bits per heavy atom. The number of unbranched alkanes of at least 4 members (excludes halogenated alkanes) is 54. The fourth-order valence-electron chi connectivity index (χ4n) is 14.5.